The van der Waals surface area contributed by atoms with E-state index in [9.17, 15) is 0 Å². The number of hydrogen-bond donors (Lipinski definition) is 0. The summed E-state index contributed by atoms with van der Waals surface area (Å²) in [6.07, 6.45) is 5.40. The van der Waals surface area contributed by atoms with Gasteiger partial charge in [0.15, 0.2) is 16.8 Å². The van der Waals surface area contributed by atoms with Crippen molar-refractivity contribution in [1.29, 1.82) is 0 Å². The van der Waals surface area contributed by atoms with Crippen molar-refractivity contribution < 1.29 is 4.42 Å². The van der Waals surface area contributed by atoms with Gasteiger partial charge >= 0.3 is 0 Å². The molecule has 0 bridgehead atoms. The first-order valence-electron chi connectivity index (χ1n) is 16.7. The number of hydrogen-bond acceptors (Lipinski definition) is 6. The van der Waals surface area contributed by atoms with Crippen molar-refractivity contribution in [2.45, 2.75) is 0 Å². The minimum atomic E-state index is 0.716. The summed E-state index contributed by atoms with van der Waals surface area (Å²) in [5.41, 5.74) is 11.4. The molecule has 0 amide bonds. The number of fused-ring (bicyclic) bond motifs is 9. The molecule has 0 spiro atoms. The van der Waals surface area contributed by atoms with E-state index < -0.39 is 0 Å². The van der Waals surface area contributed by atoms with Crippen LogP contribution in [0.25, 0.3) is 99.6 Å². The summed E-state index contributed by atoms with van der Waals surface area (Å²) in [7, 11) is 0. The third-order valence-electron chi connectivity index (χ3n) is 9.90. The summed E-state index contributed by atoms with van der Waals surface area (Å²) in [5, 5.41) is 18.8. The molecule has 0 N–H and O–H groups in total. The van der Waals surface area contributed by atoms with E-state index in [1.54, 1.807) is 12.4 Å². The molecule has 0 saturated heterocycles. The number of aromatic nitrogens is 7. The highest BCUT2D eigenvalue weighted by Gasteiger charge is 2.18. The highest BCUT2D eigenvalue weighted by molar-refractivity contribution is 6.11. The van der Waals surface area contributed by atoms with Crippen LogP contribution >= 0.6 is 0 Å². The maximum atomic E-state index is 6.25. The van der Waals surface area contributed by atoms with Gasteiger partial charge in [-0.1, -0.05) is 78.9 Å². The predicted octanol–water partition coefficient (Wildman–Crippen LogP) is 10.1. The molecule has 0 radical (unpaired) electrons. The number of furan rings is 1. The topological polar surface area (TPSA) is 87.4 Å². The number of pyridine rings is 2. The average Bonchev–Trinajstić information content (AvgIpc) is 3.85. The van der Waals surface area contributed by atoms with Gasteiger partial charge in [0.25, 0.3) is 0 Å². The van der Waals surface area contributed by atoms with Gasteiger partial charge in [-0.25, -0.2) is 0 Å². The fourth-order valence-electron chi connectivity index (χ4n) is 7.56. The van der Waals surface area contributed by atoms with Gasteiger partial charge in [-0.05, 0) is 59.8 Å². The Morgan fingerprint density at radius 2 is 0.980 bits per heavy atom. The van der Waals surface area contributed by atoms with Crippen molar-refractivity contribution in [2.24, 2.45) is 0 Å². The Balaban J connectivity index is 1.07. The molecule has 0 fully saturated rings. The normalized spacial score (nSPS) is 11.9. The van der Waals surface area contributed by atoms with Gasteiger partial charge in [0.05, 0.1) is 46.5 Å². The molecular formula is C43H25N7O. The van der Waals surface area contributed by atoms with Gasteiger partial charge < -0.3 is 8.98 Å². The fourth-order valence-corrected chi connectivity index (χ4v) is 7.56. The van der Waals surface area contributed by atoms with Crippen molar-refractivity contribution in [2.75, 3.05) is 0 Å². The van der Waals surface area contributed by atoms with Crippen LogP contribution < -0.4 is 0 Å². The molecule has 11 rings (SSSR count). The van der Waals surface area contributed by atoms with E-state index in [1.807, 2.05) is 30.5 Å². The minimum Gasteiger partial charge on any atom is -0.453 e. The molecule has 8 heteroatoms. The quantitative estimate of drug-likeness (QED) is 0.188. The Morgan fingerprint density at radius 1 is 0.431 bits per heavy atom. The Labute approximate surface area is 289 Å². The van der Waals surface area contributed by atoms with Crippen molar-refractivity contribution in [1.82, 2.24) is 34.5 Å². The minimum absolute atomic E-state index is 0.716. The van der Waals surface area contributed by atoms with Gasteiger partial charge in [-0.15, -0.1) is 10.2 Å². The lowest BCUT2D eigenvalue weighted by Crippen LogP contribution is -1.97. The van der Waals surface area contributed by atoms with E-state index in [-0.39, 0.29) is 0 Å². The first kappa shape index (κ1) is 27.7. The Bertz CT molecular complexity index is 2930. The number of nitrogens with zero attached hydrogens (tertiary/aromatic N) is 7. The first-order chi connectivity index (χ1) is 25.3. The molecule has 11 aromatic rings. The van der Waals surface area contributed by atoms with Crippen molar-refractivity contribution in [3.05, 3.63) is 152 Å². The SMILES string of the molecule is c1ccc(-n2c3ccccc3c3ccc(-c4cc5c(cn4)oc4cnc(-c6ccc7c8cnnnc8n(-c8ccccc8)c7c6)cc45)cc32)cc1. The first-order valence-corrected chi connectivity index (χ1v) is 16.7. The van der Waals surface area contributed by atoms with Crippen LogP contribution in [0.3, 0.4) is 0 Å². The maximum absolute atomic E-state index is 6.25. The van der Waals surface area contributed by atoms with Crippen molar-refractivity contribution in [3.63, 3.8) is 0 Å². The van der Waals surface area contributed by atoms with E-state index >= 15 is 0 Å². The van der Waals surface area contributed by atoms with E-state index in [0.29, 0.717) is 5.58 Å². The van der Waals surface area contributed by atoms with Crippen LogP contribution in [0.2, 0.25) is 0 Å². The van der Waals surface area contributed by atoms with Crippen molar-refractivity contribution in [3.8, 4) is 33.9 Å². The lowest BCUT2D eigenvalue weighted by molar-refractivity contribution is 0.665. The molecule has 0 unspecified atom stereocenters. The van der Waals surface area contributed by atoms with E-state index in [1.165, 1.54) is 16.3 Å². The van der Waals surface area contributed by atoms with Gasteiger partial charge in [-0.3, -0.25) is 14.5 Å². The smallest absolute Gasteiger partial charge is 0.171 e. The summed E-state index contributed by atoms with van der Waals surface area (Å²) in [5.74, 6) is 0. The van der Waals surface area contributed by atoms with Crippen LogP contribution in [0.4, 0.5) is 0 Å². The van der Waals surface area contributed by atoms with E-state index in [2.05, 4.69) is 134 Å². The molecule has 6 aromatic heterocycles. The van der Waals surface area contributed by atoms with Crippen LogP contribution in [0, 0.1) is 0 Å². The van der Waals surface area contributed by atoms with Crippen molar-refractivity contribution >= 4 is 65.7 Å². The molecule has 238 valence electrons. The molecule has 0 aliphatic rings. The lowest BCUT2D eigenvalue weighted by atomic mass is 10.0. The number of benzene rings is 5. The lowest BCUT2D eigenvalue weighted by Gasteiger charge is -2.08. The average molecular weight is 656 g/mol. The Hall–Kier alpha value is -7.19. The summed E-state index contributed by atoms with van der Waals surface area (Å²) in [6.45, 7) is 0. The Morgan fingerprint density at radius 3 is 1.65 bits per heavy atom. The second-order valence-corrected chi connectivity index (χ2v) is 12.7. The monoisotopic (exact) mass is 655 g/mol. The molecule has 51 heavy (non-hydrogen) atoms. The molecule has 0 saturated carbocycles. The third kappa shape index (κ3) is 4.17. The second-order valence-electron chi connectivity index (χ2n) is 12.7. The highest BCUT2D eigenvalue weighted by Crippen LogP contribution is 2.38. The zero-order valence-corrected chi connectivity index (χ0v) is 27.0. The van der Waals surface area contributed by atoms with Crippen LogP contribution in [0.1, 0.15) is 0 Å². The van der Waals surface area contributed by atoms with Crippen LogP contribution in [-0.2, 0) is 0 Å². The number of para-hydroxylation sites is 3. The van der Waals surface area contributed by atoms with E-state index in [4.69, 9.17) is 14.4 Å². The van der Waals surface area contributed by atoms with Gasteiger partial charge in [0, 0.05) is 54.8 Å². The molecule has 0 aliphatic heterocycles. The Kier molecular flexibility index (Phi) is 5.79. The van der Waals surface area contributed by atoms with Crippen LogP contribution in [0.5, 0.6) is 0 Å². The summed E-state index contributed by atoms with van der Waals surface area (Å²) in [4.78, 5) is 9.71. The summed E-state index contributed by atoms with van der Waals surface area (Å²) < 4.78 is 10.7. The molecule has 8 nitrogen and oxygen atoms in total. The third-order valence-corrected chi connectivity index (χ3v) is 9.90. The summed E-state index contributed by atoms with van der Waals surface area (Å²) >= 11 is 0. The highest BCUT2D eigenvalue weighted by atomic mass is 16.3. The summed E-state index contributed by atoms with van der Waals surface area (Å²) in [6, 6.07) is 46.5. The standard InChI is InChI=1S/C43H25N7O/c1-3-9-28(10-4-1)49-38-14-8-7-13-30(38)31-17-15-26(19-39(31)49)36-21-33-34-22-37(45-25-42(34)51-41(33)24-44-36)27-16-18-32-35-23-46-48-47-43(35)50(40(32)20-27)29-11-5-2-6-12-29/h1-25H. The molecule has 0 aliphatic carbocycles. The van der Waals surface area contributed by atoms with Gasteiger partial charge in [0.2, 0.25) is 0 Å². The van der Waals surface area contributed by atoms with Crippen LogP contribution in [-0.4, -0.2) is 34.5 Å². The van der Waals surface area contributed by atoms with E-state index in [0.717, 1.165) is 77.7 Å². The maximum Gasteiger partial charge on any atom is 0.171 e. The largest absolute Gasteiger partial charge is 0.453 e. The number of rotatable bonds is 4. The zero-order valence-electron chi connectivity index (χ0n) is 27.0. The zero-order chi connectivity index (χ0) is 33.5. The second kappa shape index (κ2) is 10.7. The van der Waals surface area contributed by atoms with Gasteiger partial charge in [0.1, 0.15) is 0 Å². The molecule has 6 heterocycles. The fraction of sp³-hybridized carbons (Fsp3) is 0. The molecule has 0 atom stereocenters. The van der Waals surface area contributed by atoms with Crippen LogP contribution in [0.15, 0.2) is 156 Å². The molecular weight excluding hydrogens is 631 g/mol. The molecule has 5 aromatic carbocycles. The van der Waals surface area contributed by atoms with Gasteiger partial charge in [-0.2, -0.15) is 0 Å². The predicted molar refractivity (Wildman–Crippen MR) is 202 cm³/mol.